The minimum atomic E-state index is -0.551. The van der Waals surface area contributed by atoms with Crippen LogP contribution in [0.3, 0.4) is 0 Å². The number of aliphatic hydroxyl groups is 1. The van der Waals surface area contributed by atoms with E-state index >= 15 is 0 Å². The van der Waals surface area contributed by atoms with Crippen molar-refractivity contribution in [3.05, 3.63) is 41.9 Å². The molecule has 2 rings (SSSR count). The van der Waals surface area contributed by atoms with Crippen molar-refractivity contribution in [3.8, 4) is 0 Å². The van der Waals surface area contributed by atoms with Gasteiger partial charge in [-0.3, -0.25) is 0 Å². The zero-order chi connectivity index (χ0) is 11.5. The number of aliphatic hydroxyl groups excluding tert-OH is 1. The Hall–Kier alpha value is -1.55. The second kappa shape index (κ2) is 4.53. The third-order valence-electron chi connectivity index (χ3n) is 2.65. The quantitative estimate of drug-likeness (QED) is 0.858. The maximum absolute atomic E-state index is 10.0. The van der Waals surface area contributed by atoms with Gasteiger partial charge in [0.1, 0.15) is 11.6 Å². The molecule has 0 bridgehead atoms. The molecule has 0 aromatic carbocycles. The predicted octanol–water partition coefficient (Wildman–Crippen LogP) is 2.08. The lowest BCUT2D eigenvalue weighted by atomic mass is 10.1. The van der Waals surface area contributed by atoms with E-state index in [1.54, 1.807) is 12.5 Å². The highest BCUT2D eigenvalue weighted by molar-refractivity contribution is 5.16. The summed E-state index contributed by atoms with van der Waals surface area (Å²) < 4.78 is 7.20. The summed E-state index contributed by atoms with van der Waals surface area (Å²) in [6.07, 6.45) is 5.23. The molecular weight excluding hydrogens is 204 g/mol. The molecule has 1 N–H and O–H groups in total. The summed E-state index contributed by atoms with van der Waals surface area (Å²) >= 11 is 0. The molecule has 16 heavy (non-hydrogen) atoms. The van der Waals surface area contributed by atoms with Gasteiger partial charge in [-0.1, -0.05) is 0 Å². The number of aromatic nitrogens is 2. The molecule has 0 aliphatic carbocycles. The van der Waals surface area contributed by atoms with E-state index in [9.17, 15) is 5.11 Å². The first-order valence-corrected chi connectivity index (χ1v) is 5.43. The SMILES string of the molecule is CCn1ccnc1CC(O)c1coc(C)c1. The molecule has 4 nitrogen and oxygen atoms in total. The van der Waals surface area contributed by atoms with Crippen molar-refractivity contribution in [2.75, 3.05) is 0 Å². The average molecular weight is 220 g/mol. The highest BCUT2D eigenvalue weighted by Crippen LogP contribution is 2.19. The first kappa shape index (κ1) is 11.0. The molecule has 2 aromatic rings. The van der Waals surface area contributed by atoms with Gasteiger partial charge in [-0.05, 0) is 19.9 Å². The van der Waals surface area contributed by atoms with Gasteiger partial charge in [-0.25, -0.2) is 4.98 Å². The molecular formula is C12H16N2O2. The van der Waals surface area contributed by atoms with Crippen LogP contribution in [0.1, 0.15) is 30.2 Å². The summed E-state index contributed by atoms with van der Waals surface area (Å²) in [7, 11) is 0. The highest BCUT2D eigenvalue weighted by Gasteiger charge is 2.13. The van der Waals surface area contributed by atoms with Crippen LogP contribution in [-0.4, -0.2) is 14.7 Å². The number of hydrogen-bond acceptors (Lipinski definition) is 3. The van der Waals surface area contributed by atoms with E-state index in [4.69, 9.17) is 4.42 Å². The maximum atomic E-state index is 10.0. The van der Waals surface area contributed by atoms with Crippen LogP contribution >= 0.6 is 0 Å². The lowest BCUT2D eigenvalue weighted by Gasteiger charge is -2.09. The first-order chi connectivity index (χ1) is 7.70. The fourth-order valence-electron chi connectivity index (χ4n) is 1.75. The van der Waals surface area contributed by atoms with Crippen LogP contribution in [0.15, 0.2) is 29.1 Å². The van der Waals surface area contributed by atoms with Gasteiger partial charge in [0.05, 0.1) is 12.4 Å². The molecule has 1 atom stereocenters. The van der Waals surface area contributed by atoms with Gasteiger partial charge in [-0.2, -0.15) is 0 Å². The molecule has 86 valence electrons. The minimum absolute atomic E-state index is 0.514. The van der Waals surface area contributed by atoms with Crippen LogP contribution in [0, 0.1) is 6.92 Å². The van der Waals surface area contributed by atoms with Gasteiger partial charge >= 0.3 is 0 Å². The molecule has 0 aliphatic rings. The number of nitrogens with zero attached hydrogens (tertiary/aromatic N) is 2. The second-order valence-electron chi connectivity index (χ2n) is 3.84. The van der Waals surface area contributed by atoms with E-state index in [1.807, 2.05) is 23.8 Å². The Morgan fingerprint density at radius 1 is 1.56 bits per heavy atom. The Labute approximate surface area is 94.5 Å². The van der Waals surface area contributed by atoms with Crippen LogP contribution in [0.2, 0.25) is 0 Å². The predicted molar refractivity (Wildman–Crippen MR) is 60.0 cm³/mol. The fraction of sp³-hybridized carbons (Fsp3) is 0.417. The number of rotatable bonds is 4. The summed E-state index contributed by atoms with van der Waals surface area (Å²) in [6, 6.07) is 1.85. The maximum Gasteiger partial charge on any atom is 0.111 e. The molecule has 4 heteroatoms. The van der Waals surface area contributed by atoms with Gasteiger partial charge in [0, 0.05) is 30.9 Å². The molecule has 0 fully saturated rings. The Balaban J connectivity index is 2.10. The highest BCUT2D eigenvalue weighted by atomic mass is 16.3. The molecule has 0 amide bonds. The van der Waals surface area contributed by atoms with Crippen LogP contribution in [0.25, 0.3) is 0 Å². The summed E-state index contributed by atoms with van der Waals surface area (Å²) in [5, 5.41) is 10.0. The van der Waals surface area contributed by atoms with E-state index in [1.165, 1.54) is 0 Å². The van der Waals surface area contributed by atoms with Crippen LogP contribution in [0.4, 0.5) is 0 Å². The summed E-state index contributed by atoms with van der Waals surface area (Å²) in [5.74, 6) is 1.71. The van der Waals surface area contributed by atoms with Crippen molar-refractivity contribution in [2.24, 2.45) is 0 Å². The molecule has 0 saturated heterocycles. The van der Waals surface area contributed by atoms with E-state index in [0.717, 1.165) is 23.7 Å². The van der Waals surface area contributed by atoms with Gasteiger partial charge in [0.2, 0.25) is 0 Å². The smallest absolute Gasteiger partial charge is 0.111 e. The molecule has 2 aromatic heterocycles. The number of furan rings is 1. The van der Waals surface area contributed by atoms with E-state index in [0.29, 0.717) is 6.42 Å². The molecule has 1 unspecified atom stereocenters. The van der Waals surface area contributed by atoms with Crippen molar-refractivity contribution in [2.45, 2.75) is 32.9 Å². The standard InChI is InChI=1S/C12H16N2O2/c1-3-14-5-4-13-12(14)7-11(15)10-6-9(2)16-8-10/h4-6,8,11,15H,3,7H2,1-2H3. The van der Waals surface area contributed by atoms with Gasteiger partial charge in [-0.15, -0.1) is 0 Å². The number of aryl methyl sites for hydroxylation is 2. The van der Waals surface area contributed by atoms with Crippen LogP contribution in [0.5, 0.6) is 0 Å². The third kappa shape index (κ3) is 2.17. The summed E-state index contributed by atoms with van der Waals surface area (Å²) in [6.45, 7) is 4.79. The normalized spacial score (nSPS) is 12.9. The lowest BCUT2D eigenvalue weighted by Crippen LogP contribution is -2.07. The summed E-state index contributed by atoms with van der Waals surface area (Å²) in [5.41, 5.74) is 0.808. The van der Waals surface area contributed by atoms with Crippen molar-refractivity contribution < 1.29 is 9.52 Å². The lowest BCUT2D eigenvalue weighted by molar-refractivity contribution is 0.173. The van der Waals surface area contributed by atoms with Crippen molar-refractivity contribution >= 4 is 0 Å². The summed E-state index contributed by atoms with van der Waals surface area (Å²) in [4.78, 5) is 4.23. The molecule has 0 saturated carbocycles. The molecule has 0 radical (unpaired) electrons. The zero-order valence-corrected chi connectivity index (χ0v) is 9.55. The van der Waals surface area contributed by atoms with Gasteiger partial charge in [0.25, 0.3) is 0 Å². The van der Waals surface area contributed by atoms with E-state index < -0.39 is 6.10 Å². The topological polar surface area (TPSA) is 51.2 Å². The van der Waals surface area contributed by atoms with Gasteiger partial charge < -0.3 is 14.1 Å². The Morgan fingerprint density at radius 2 is 2.38 bits per heavy atom. The van der Waals surface area contributed by atoms with Crippen LogP contribution in [-0.2, 0) is 13.0 Å². The minimum Gasteiger partial charge on any atom is -0.469 e. The fourth-order valence-corrected chi connectivity index (χ4v) is 1.75. The van der Waals surface area contributed by atoms with Gasteiger partial charge in [0.15, 0.2) is 0 Å². The van der Waals surface area contributed by atoms with E-state index in [-0.39, 0.29) is 0 Å². The number of imidazole rings is 1. The zero-order valence-electron chi connectivity index (χ0n) is 9.55. The van der Waals surface area contributed by atoms with E-state index in [2.05, 4.69) is 11.9 Å². The largest absolute Gasteiger partial charge is 0.469 e. The molecule has 0 spiro atoms. The average Bonchev–Trinajstić information content (AvgIpc) is 2.86. The van der Waals surface area contributed by atoms with Crippen molar-refractivity contribution in [1.82, 2.24) is 9.55 Å². The Kier molecular flexibility index (Phi) is 3.10. The van der Waals surface area contributed by atoms with Crippen LogP contribution < -0.4 is 0 Å². The number of hydrogen-bond donors (Lipinski definition) is 1. The molecule has 2 heterocycles. The Morgan fingerprint density at radius 3 is 3.00 bits per heavy atom. The molecule has 0 aliphatic heterocycles. The van der Waals surface area contributed by atoms with Crippen molar-refractivity contribution in [1.29, 1.82) is 0 Å². The first-order valence-electron chi connectivity index (χ1n) is 5.43. The van der Waals surface area contributed by atoms with Crippen molar-refractivity contribution in [3.63, 3.8) is 0 Å². The second-order valence-corrected chi connectivity index (χ2v) is 3.84. The Bertz CT molecular complexity index is 459. The monoisotopic (exact) mass is 220 g/mol. The third-order valence-corrected chi connectivity index (χ3v) is 2.65.